The number of nitrogens with zero attached hydrogens (tertiary/aromatic N) is 3. The summed E-state index contributed by atoms with van der Waals surface area (Å²) in [6.07, 6.45) is 8.33. The molecule has 0 spiro atoms. The molecule has 1 fully saturated rings. The molecular weight excluding hydrogens is 282 g/mol. The molecule has 0 aromatic carbocycles. The fourth-order valence-corrected chi connectivity index (χ4v) is 2.60. The van der Waals surface area contributed by atoms with E-state index in [0.717, 1.165) is 16.9 Å². The van der Waals surface area contributed by atoms with Crippen molar-refractivity contribution in [1.82, 2.24) is 9.97 Å². The molecule has 2 aromatic rings. The average molecular weight is 313 g/mol. The summed E-state index contributed by atoms with van der Waals surface area (Å²) in [6, 6.07) is 4.39. The summed E-state index contributed by atoms with van der Waals surface area (Å²) in [5, 5.41) is 0. The summed E-state index contributed by atoms with van der Waals surface area (Å²) < 4.78 is 0. The maximum atomic E-state index is 4.59. The highest BCUT2D eigenvalue weighted by molar-refractivity contribution is 5.65. The Balaban J connectivity index is 0.000000849. The van der Waals surface area contributed by atoms with Crippen molar-refractivity contribution in [1.29, 1.82) is 0 Å². The van der Waals surface area contributed by atoms with E-state index in [1.807, 2.05) is 46.5 Å². The number of aromatic nitrogens is 2. The predicted molar refractivity (Wildman–Crippen MR) is 101 cm³/mol. The Hall–Kier alpha value is -1.90. The van der Waals surface area contributed by atoms with E-state index in [1.165, 1.54) is 24.0 Å². The van der Waals surface area contributed by atoms with Crippen LogP contribution in [0.25, 0.3) is 11.3 Å². The molecule has 2 aromatic heterocycles. The van der Waals surface area contributed by atoms with Crippen LogP contribution in [0.4, 0.5) is 5.69 Å². The number of pyridine rings is 2. The lowest BCUT2D eigenvalue weighted by Crippen LogP contribution is -2.09. The molecule has 0 bridgehead atoms. The Morgan fingerprint density at radius 3 is 2.26 bits per heavy atom. The van der Waals surface area contributed by atoms with Crippen molar-refractivity contribution >= 4 is 5.69 Å². The third-order valence-electron chi connectivity index (χ3n) is 4.29. The van der Waals surface area contributed by atoms with Crippen LogP contribution >= 0.6 is 0 Å². The maximum absolute atomic E-state index is 4.59. The molecule has 0 N–H and O–H groups in total. The van der Waals surface area contributed by atoms with Crippen molar-refractivity contribution in [3.05, 3.63) is 41.9 Å². The number of hydrogen-bond donors (Lipinski definition) is 0. The standard InChI is InChI=1S/C17H21N3.C2H6.CH4/c1-12-9-19-16(8-15(12)17(2)5-6-17)13-7-14(20(3)4)11-18-10-13;1-2;/h7-11H,5-6H2,1-4H3;1-2H3;1H4. The lowest BCUT2D eigenvalue weighted by molar-refractivity contribution is 0.777. The van der Waals surface area contributed by atoms with Crippen LogP contribution in [-0.2, 0) is 5.41 Å². The summed E-state index contributed by atoms with van der Waals surface area (Å²) in [4.78, 5) is 11.0. The average Bonchev–Trinajstić information content (AvgIpc) is 3.28. The van der Waals surface area contributed by atoms with E-state index in [-0.39, 0.29) is 7.43 Å². The van der Waals surface area contributed by atoms with Crippen LogP contribution in [-0.4, -0.2) is 24.1 Å². The molecule has 0 atom stereocenters. The first-order valence-electron chi connectivity index (χ1n) is 8.09. The van der Waals surface area contributed by atoms with Crippen LogP contribution in [0.3, 0.4) is 0 Å². The van der Waals surface area contributed by atoms with E-state index < -0.39 is 0 Å². The molecule has 3 nitrogen and oxygen atoms in total. The van der Waals surface area contributed by atoms with Crippen molar-refractivity contribution in [3.63, 3.8) is 0 Å². The van der Waals surface area contributed by atoms with E-state index in [1.54, 1.807) is 0 Å². The van der Waals surface area contributed by atoms with Crippen LogP contribution in [0.15, 0.2) is 30.7 Å². The van der Waals surface area contributed by atoms with E-state index in [2.05, 4.69) is 40.8 Å². The molecule has 1 aliphatic carbocycles. The minimum atomic E-state index is 0. The highest BCUT2D eigenvalue weighted by Gasteiger charge is 2.40. The fourth-order valence-electron chi connectivity index (χ4n) is 2.60. The Morgan fingerprint density at radius 2 is 1.70 bits per heavy atom. The summed E-state index contributed by atoms with van der Waals surface area (Å²) in [6.45, 7) is 8.50. The van der Waals surface area contributed by atoms with E-state index in [4.69, 9.17) is 0 Å². The second-order valence-electron chi connectivity index (χ2n) is 6.27. The van der Waals surface area contributed by atoms with Gasteiger partial charge in [0.1, 0.15) is 0 Å². The smallest absolute Gasteiger partial charge is 0.0721 e. The molecule has 3 heteroatoms. The zero-order valence-electron chi connectivity index (χ0n) is 14.6. The molecule has 2 heterocycles. The minimum Gasteiger partial charge on any atom is -0.376 e. The van der Waals surface area contributed by atoms with Gasteiger partial charge < -0.3 is 4.90 Å². The topological polar surface area (TPSA) is 29.0 Å². The normalized spacial score (nSPS) is 14.2. The summed E-state index contributed by atoms with van der Waals surface area (Å²) in [7, 11) is 4.06. The Kier molecular flexibility index (Phi) is 6.31. The largest absolute Gasteiger partial charge is 0.376 e. The number of anilines is 1. The molecular formula is C20H31N3. The van der Waals surface area contributed by atoms with Gasteiger partial charge in [0, 0.05) is 32.1 Å². The predicted octanol–water partition coefficient (Wildman–Crippen LogP) is 5.23. The van der Waals surface area contributed by atoms with Crippen LogP contribution in [0.5, 0.6) is 0 Å². The van der Waals surface area contributed by atoms with E-state index >= 15 is 0 Å². The van der Waals surface area contributed by atoms with Gasteiger partial charge in [0.05, 0.1) is 17.6 Å². The van der Waals surface area contributed by atoms with Gasteiger partial charge in [-0.1, -0.05) is 28.2 Å². The second kappa shape index (κ2) is 7.58. The molecule has 23 heavy (non-hydrogen) atoms. The lowest BCUT2D eigenvalue weighted by atomic mass is 9.93. The first-order chi connectivity index (χ1) is 10.5. The number of rotatable bonds is 3. The molecule has 0 radical (unpaired) electrons. The van der Waals surface area contributed by atoms with Gasteiger partial charge in [-0.25, -0.2) is 0 Å². The zero-order valence-corrected chi connectivity index (χ0v) is 14.6. The molecule has 1 saturated carbocycles. The van der Waals surface area contributed by atoms with E-state index in [0.29, 0.717) is 5.41 Å². The van der Waals surface area contributed by atoms with Gasteiger partial charge >= 0.3 is 0 Å². The quantitative estimate of drug-likeness (QED) is 0.776. The van der Waals surface area contributed by atoms with Crippen molar-refractivity contribution in [3.8, 4) is 11.3 Å². The highest BCUT2D eigenvalue weighted by atomic mass is 15.1. The van der Waals surface area contributed by atoms with Crippen molar-refractivity contribution in [2.24, 2.45) is 0 Å². The van der Waals surface area contributed by atoms with Crippen molar-refractivity contribution in [2.75, 3.05) is 19.0 Å². The first kappa shape index (κ1) is 19.1. The fraction of sp³-hybridized carbons (Fsp3) is 0.500. The van der Waals surface area contributed by atoms with Crippen molar-refractivity contribution in [2.45, 2.75) is 53.4 Å². The number of hydrogen-bond acceptors (Lipinski definition) is 3. The highest BCUT2D eigenvalue weighted by Crippen LogP contribution is 2.49. The molecule has 3 rings (SSSR count). The van der Waals surface area contributed by atoms with Crippen molar-refractivity contribution < 1.29 is 0 Å². The van der Waals surface area contributed by atoms with Gasteiger partial charge in [0.2, 0.25) is 0 Å². The SMILES string of the molecule is C.CC.Cc1cnc(-c2cncc(N(C)C)c2)cc1C1(C)CC1. The first-order valence-corrected chi connectivity index (χ1v) is 8.09. The Morgan fingerprint density at radius 1 is 1.04 bits per heavy atom. The molecule has 0 unspecified atom stereocenters. The monoisotopic (exact) mass is 313 g/mol. The van der Waals surface area contributed by atoms with Gasteiger partial charge in [-0.3, -0.25) is 9.97 Å². The van der Waals surface area contributed by atoms with Crippen LogP contribution in [0, 0.1) is 6.92 Å². The lowest BCUT2D eigenvalue weighted by Gasteiger charge is -2.15. The van der Waals surface area contributed by atoms with Gasteiger partial charge in [0.15, 0.2) is 0 Å². The third-order valence-corrected chi connectivity index (χ3v) is 4.29. The van der Waals surface area contributed by atoms with Gasteiger partial charge in [-0.2, -0.15) is 0 Å². The molecule has 0 amide bonds. The third kappa shape index (κ3) is 4.10. The Labute approximate surface area is 141 Å². The summed E-state index contributed by atoms with van der Waals surface area (Å²) >= 11 is 0. The summed E-state index contributed by atoms with van der Waals surface area (Å²) in [5.41, 5.74) is 6.32. The number of aryl methyl sites for hydroxylation is 1. The summed E-state index contributed by atoms with van der Waals surface area (Å²) in [5.74, 6) is 0. The van der Waals surface area contributed by atoms with Crippen LogP contribution in [0.2, 0.25) is 0 Å². The van der Waals surface area contributed by atoms with Gasteiger partial charge in [-0.15, -0.1) is 0 Å². The van der Waals surface area contributed by atoms with Gasteiger partial charge in [0.25, 0.3) is 0 Å². The molecule has 0 aliphatic heterocycles. The molecule has 126 valence electrons. The van der Waals surface area contributed by atoms with E-state index in [9.17, 15) is 0 Å². The minimum absolute atomic E-state index is 0. The zero-order chi connectivity index (χ0) is 16.3. The van der Waals surface area contributed by atoms with Crippen LogP contribution < -0.4 is 4.90 Å². The Bertz CT molecular complexity index is 643. The second-order valence-corrected chi connectivity index (χ2v) is 6.27. The van der Waals surface area contributed by atoms with Gasteiger partial charge in [-0.05, 0) is 48.4 Å². The molecule has 1 aliphatic rings. The molecule has 0 saturated heterocycles. The van der Waals surface area contributed by atoms with Crippen LogP contribution in [0.1, 0.15) is 52.2 Å². The maximum Gasteiger partial charge on any atom is 0.0721 e.